The van der Waals surface area contributed by atoms with E-state index in [-0.39, 0.29) is 5.56 Å². The molecule has 0 heterocycles. The van der Waals surface area contributed by atoms with Crippen molar-refractivity contribution < 1.29 is 13.9 Å². The second kappa shape index (κ2) is 2.70. The van der Waals surface area contributed by atoms with Gasteiger partial charge < -0.3 is 5.11 Å². The molecule has 0 bridgehead atoms. The lowest BCUT2D eigenvalue weighted by Crippen LogP contribution is -1.87. The zero-order valence-corrected chi connectivity index (χ0v) is 5.64. The molecule has 0 saturated heterocycles. The Bertz CT molecular complexity index is 271. The van der Waals surface area contributed by atoms with E-state index in [9.17, 15) is 8.78 Å². The number of aromatic hydroxyl groups is 1. The van der Waals surface area contributed by atoms with Crippen molar-refractivity contribution >= 4 is 6.08 Å². The summed E-state index contributed by atoms with van der Waals surface area (Å²) in [6, 6.07) is 1.67. The minimum atomic E-state index is -0.808. The van der Waals surface area contributed by atoms with Gasteiger partial charge in [0.25, 0.3) is 0 Å². The first kappa shape index (κ1) is 7.72. The van der Waals surface area contributed by atoms with Crippen LogP contribution in [0.15, 0.2) is 18.7 Å². The molecule has 1 N–H and O–H groups in total. The van der Waals surface area contributed by atoms with Gasteiger partial charge in [0.1, 0.15) is 17.4 Å². The van der Waals surface area contributed by atoms with Gasteiger partial charge in [0.2, 0.25) is 0 Å². The molecule has 1 aromatic carbocycles. The molecule has 1 nitrogen and oxygen atoms in total. The van der Waals surface area contributed by atoms with Gasteiger partial charge in [-0.1, -0.05) is 12.7 Å². The summed E-state index contributed by atoms with van der Waals surface area (Å²) in [5, 5.41) is 8.70. The van der Waals surface area contributed by atoms with Crippen LogP contribution in [0.5, 0.6) is 5.75 Å². The van der Waals surface area contributed by atoms with E-state index in [2.05, 4.69) is 6.58 Å². The second-order valence-electron chi connectivity index (χ2n) is 2.03. The van der Waals surface area contributed by atoms with Crippen LogP contribution in [0.3, 0.4) is 0 Å². The largest absolute Gasteiger partial charge is 0.508 e. The van der Waals surface area contributed by atoms with Crippen LogP contribution in [0.25, 0.3) is 6.08 Å². The Kier molecular flexibility index (Phi) is 1.89. The lowest BCUT2D eigenvalue weighted by Gasteiger charge is -1.98. The number of benzene rings is 1. The van der Waals surface area contributed by atoms with Crippen LogP contribution in [-0.2, 0) is 0 Å². The van der Waals surface area contributed by atoms with Crippen molar-refractivity contribution in [1.29, 1.82) is 0 Å². The summed E-state index contributed by atoms with van der Waals surface area (Å²) in [6.45, 7) is 3.22. The third kappa shape index (κ3) is 1.37. The number of rotatable bonds is 1. The van der Waals surface area contributed by atoms with Crippen LogP contribution >= 0.6 is 0 Å². The number of phenolic OH excluding ortho intramolecular Hbond substituents is 1. The molecule has 58 valence electrons. The smallest absolute Gasteiger partial charge is 0.137 e. The van der Waals surface area contributed by atoms with Crippen molar-refractivity contribution in [1.82, 2.24) is 0 Å². The molecule has 0 aliphatic carbocycles. The van der Waals surface area contributed by atoms with Gasteiger partial charge in [0.15, 0.2) is 0 Å². The number of hydrogen-bond acceptors (Lipinski definition) is 1. The van der Waals surface area contributed by atoms with Gasteiger partial charge in [-0.2, -0.15) is 0 Å². The maximum absolute atomic E-state index is 12.6. The molecule has 0 aromatic heterocycles. The quantitative estimate of drug-likeness (QED) is 0.661. The van der Waals surface area contributed by atoms with Crippen molar-refractivity contribution in [3.8, 4) is 5.75 Å². The molecule has 0 radical (unpaired) electrons. The van der Waals surface area contributed by atoms with E-state index in [0.29, 0.717) is 0 Å². The van der Waals surface area contributed by atoms with Gasteiger partial charge in [-0.05, 0) is 0 Å². The van der Waals surface area contributed by atoms with Crippen molar-refractivity contribution in [2.24, 2.45) is 0 Å². The third-order valence-corrected chi connectivity index (χ3v) is 1.27. The van der Waals surface area contributed by atoms with Gasteiger partial charge in [0.05, 0.1) is 0 Å². The van der Waals surface area contributed by atoms with E-state index in [4.69, 9.17) is 5.11 Å². The molecule has 0 amide bonds. The molecule has 0 atom stereocenters. The molecule has 1 aromatic rings. The van der Waals surface area contributed by atoms with E-state index in [1.165, 1.54) is 0 Å². The molecule has 0 fully saturated rings. The van der Waals surface area contributed by atoms with Crippen molar-refractivity contribution in [3.63, 3.8) is 0 Å². The average Bonchev–Trinajstić information content (AvgIpc) is 1.85. The van der Waals surface area contributed by atoms with Crippen LogP contribution in [0, 0.1) is 11.6 Å². The highest BCUT2D eigenvalue weighted by atomic mass is 19.1. The van der Waals surface area contributed by atoms with Gasteiger partial charge in [-0.25, -0.2) is 8.78 Å². The second-order valence-corrected chi connectivity index (χ2v) is 2.03. The van der Waals surface area contributed by atoms with Crippen LogP contribution < -0.4 is 0 Å². The van der Waals surface area contributed by atoms with Crippen molar-refractivity contribution in [3.05, 3.63) is 35.9 Å². The highest BCUT2D eigenvalue weighted by molar-refractivity contribution is 5.50. The fourth-order valence-corrected chi connectivity index (χ4v) is 0.766. The molecule has 11 heavy (non-hydrogen) atoms. The Balaban J connectivity index is 3.36. The van der Waals surface area contributed by atoms with Gasteiger partial charge in [0, 0.05) is 17.7 Å². The summed E-state index contributed by atoms with van der Waals surface area (Å²) in [5.74, 6) is -2.04. The normalized spacial score (nSPS) is 9.64. The molecule has 0 aliphatic rings. The zero-order valence-electron chi connectivity index (χ0n) is 5.64. The number of halogens is 2. The highest BCUT2D eigenvalue weighted by Gasteiger charge is 2.06. The molecular formula is C8H6F2O. The van der Waals surface area contributed by atoms with E-state index in [0.717, 1.165) is 18.2 Å². The molecule has 1 rings (SSSR count). The van der Waals surface area contributed by atoms with Crippen LogP contribution in [-0.4, -0.2) is 5.11 Å². The Morgan fingerprint density at radius 1 is 1.27 bits per heavy atom. The molecular weight excluding hydrogens is 150 g/mol. The summed E-state index contributed by atoms with van der Waals surface area (Å²) in [7, 11) is 0. The summed E-state index contributed by atoms with van der Waals surface area (Å²) in [4.78, 5) is 0. The monoisotopic (exact) mass is 156 g/mol. The van der Waals surface area contributed by atoms with Gasteiger partial charge in [-0.3, -0.25) is 0 Å². The molecule has 0 spiro atoms. The predicted molar refractivity (Wildman–Crippen MR) is 38.1 cm³/mol. The maximum atomic E-state index is 12.6. The maximum Gasteiger partial charge on any atom is 0.137 e. The van der Waals surface area contributed by atoms with Crippen molar-refractivity contribution in [2.75, 3.05) is 0 Å². The SMILES string of the molecule is C=Cc1c(F)cc(O)cc1F. The van der Waals surface area contributed by atoms with Crippen LogP contribution in [0.4, 0.5) is 8.78 Å². The average molecular weight is 156 g/mol. The Hall–Kier alpha value is -1.38. The molecule has 0 aliphatic heterocycles. The Labute approximate surface area is 62.6 Å². The van der Waals surface area contributed by atoms with E-state index >= 15 is 0 Å². The van der Waals surface area contributed by atoms with E-state index in [1.807, 2.05) is 0 Å². The van der Waals surface area contributed by atoms with E-state index in [1.54, 1.807) is 0 Å². The fraction of sp³-hybridized carbons (Fsp3) is 0. The Morgan fingerprint density at radius 2 is 1.73 bits per heavy atom. The van der Waals surface area contributed by atoms with Crippen molar-refractivity contribution in [2.45, 2.75) is 0 Å². The fourth-order valence-electron chi connectivity index (χ4n) is 0.766. The number of phenols is 1. The summed E-state index contributed by atoms with van der Waals surface area (Å²) in [5.41, 5.74) is -0.220. The topological polar surface area (TPSA) is 20.2 Å². The first-order chi connectivity index (χ1) is 5.15. The van der Waals surface area contributed by atoms with Crippen LogP contribution in [0.1, 0.15) is 5.56 Å². The lowest BCUT2D eigenvalue weighted by molar-refractivity contribution is 0.460. The van der Waals surface area contributed by atoms with Gasteiger partial charge in [-0.15, -0.1) is 0 Å². The highest BCUT2D eigenvalue weighted by Crippen LogP contribution is 2.19. The van der Waals surface area contributed by atoms with Crippen LogP contribution in [0.2, 0.25) is 0 Å². The zero-order chi connectivity index (χ0) is 8.43. The number of hydrogen-bond donors (Lipinski definition) is 1. The standard InChI is InChI=1S/C8H6F2O/c1-2-6-7(9)3-5(11)4-8(6)10/h2-4,11H,1H2. The summed E-state index contributed by atoms with van der Waals surface area (Å²) < 4.78 is 25.3. The summed E-state index contributed by atoms with van der Waals surface area (Å²) >= 11 is 0. The Morgan fingerprint density at radius 3 is 2.09 bits per heavy atom. The molecule has 0 unspecified atom stereocenters. The van der Waals surface area contributed by atoms with E-state index < -0.39 is 17.4 Å². The first-order valence-electron chi connectivity index (χ1n) is 2.95. The first-order valence-corrected chi connectivity index (χ1v) is 2.95. The molecule has 0 saturated carbocycles. The third-order valence-electron chi connectivity index (χ3n) is 1.27. The minimum Gasteiger partial charge on any atom is -0.508 e. The van der Waals surface area contributed by atoms with Gasteiger partial charge >= 0.3 is 0 Å². The predicted octanol–water partition coefficient (Wildman–Crippen LogP) is 2.31. The lowest BCUT2D eigenvalue weighted by atomic mass is 10.2. The molecule has 3 heteroatoms. The summed E-state index contributed by atoms with van der Waals surface area (Å²) in [6.07, 6.45) is 1.06. The minimum absolute atomic E-state index is 0.220.